The summed E-state index contributed by atoms with van der Waals surface area (Å²) in [4.78, 5) is 6.54. The Hall–Kier alpha value is -0.770. The molecule has 0 heterocycles. The summed E-state index contributed by atoms with van der Waals surface area (Å²) in [5.41, 5.74) is 0. The molecule has 0 atom stereocenters. The Bertz CT molecular complexity index is 197. The van der Waals surface area contributed by atoms with Gasteiger partial charge in [-0.05, 0) is 19.9 Å². The van der Waals surface area contributed by atoms with E-state index in [4.69, 9.17) is 0 Å². The normalized spacial score (nSPS) is 18.5. The Morgan fingerprint density at radius 1 is 1.40 bits per heavy atom. The molecule has 1 fully saturated rings. The van der Waals surface area contributed by atoms with Crippen LogP contribution < -0.4 is 10.6 Å². The number of nitrogens with one attached hydrogen (secondary N) is 2. The van der Waals surface area contributed by atoms with Gasteiger partial charge in [0.15, 0.2) is 5.96 Å². The second-order valence-corrected chi connectivity index (χ2v) is 4.17. The van der Waals surface area contributed by atoms with E-state index >= 15 is 0 Å². The molecular weight excluding hydrogens is 188 g/mol. The number of likely N-dealkylation sites (N-methyl/N-ethyl adjacent to an activating group) is 1. The molecule has 0 amide bonds. The smallest absolute Gasteiger partial charge is 0.190 e. The van der Waals surface area contributed by atoms with Crippen LogP contribution in [-0.2, 0) is 0 Å². The third kappa shape index (κ3) is 4.08. The highest BCUT2D eigenvalue weighted by molar-refractivity contribution is 5.79. The molecule has 0 bridgehead atoms. The molecule has 0 aromatic carbocycles. The molecule has 88 valence electrons. The van der Waals surface area contributed by atoms with Crippen LogP contribution in [0.1, 0.15) is 25.7 Å². The minimum atomic E-state index is 0.809. The Morgan fingerprint density at radius 2 is 2.07 bits per heavy atom. The molecule has 0 radical (unpaired) electrons. The highest BCUT2D eigenvalue weighted by Gasteiger charge is 2.18. The van der Waals surface area contributed by atoms with E-state index in [-0.39, 0.29) is 0 Å². The third-order valence-corrected chi connectivity index (χ3v) is 3.17. The molecular formula is C11H24N4. The van der Waals surface area contributed by atoms with Crippen molar-refractivity contribution in [2.24, 2.45) is 4.99 Å². The zero-order valence-electron chi connectivity index (χ0n) is 10.2. The van der Waals surface area contributed by atoms with Crippen LogP contribution in [0.5, 0.6) is 0 Å². The van der Waals surface area contributed by atoms with Crippen LogP contribution in [0.15, 0.2) is 4.99 Å². The molecule has 4 nitrogen and oxygen atoms in total. The molecule has 15 heavy (non-hydrogen) atoms. The van der Waals surface area contributed by atoms with Gasteiger partial charge in [-0.3, -0.25) is 4.99 Å². The number of aliphatic imine (C=N–C) groups is 1. The molecule has 0 unspecified atom stereocenters. The zero-order valence-corrected chi connectivity index (χ0v) is 10.2. The van der Waals surface area contributed by atoms with E-state index in [1.54, 1.807) is 7.05 Å². The van der Waals surface area contributed by atoms with Gasteiger partial charge in [-0.2, -0.15) is 0 Å². The van der Waals surface area contributed by atoms with Crippen molar-refractivity contribution in [1.29, 1.82) is 0 Å². The Kier molecular flexibility index (Phi) is 5.47. The second-order valence-electron chi connectivity index (χ2n) is 4.17. The standard InChI is InChI=1S/C11H24N4/c1-12-11(13-2)14-8-9-15(3)10-6-4-5-7-10/h10H,4-9H2,1-3H3,(H2,12,13,14). The third-order valence-electron chi connectivity index (χ3n) is 3.17. The minimum absolute atomic E-state index is 0.809. The molecule has 0 aliphatic heterocycles. The summed E-state index contributed by atoms with van der Waals surface area (Å²) >= 11 is 0. The predicted molar refractivity (Wildman–Crippen MR) is 65.3 cm³/mol. The molecule has 1 rings (SSSR count). The van der Waals surface area contributed by atoms with Gasteiger partial charge in [0.05, 0.1) is 0 Å². The number of guanidine groups is 1. The summed E-state index contributed by atoms with van der Waals surface area (Å²) in [6.45, 7) is 2.05. The number of rotatable bonds is 4. The highest BCUT2D eigenvalue weighted by atomic mass is 15.2. The van der Waals surface area contributed by atoms with Crippen LogP contribution in [0, 0.1) is 0 Å². The van der Waals surface area contributed by atoms with Crippen molar-refractivity contribution in [2.75, 3.05) is 34.2 Å². The Balaban J connectivity index is 2.13. The fourth-order valence-corrected chi connectivity index (χ4v) is 2.16. The fraction of sp³-hybridized carbons (Fsp3) is 0.909. The highest BCUT2D eigenvalue weighted by Crippen LogP contribution is 2.21. The van der Waals surface area contributed by atoms with Gasteiger partial charge in [0, 0.05) is 33.2 Å². The van der Waals surface area contributed by atoms with Crippen molar-refractivity contribution in [1.82, 2.24) is 15.5 Å². The first-order valence-corrected chi connectivity index (χ1v) is 5.86. The lowest BCUT2D eigenvalue weighted by Gasteiger charge is -2.24. The first-order chi connectivity index (χ1) is 7.27. The van der Waals surface area contributed by atoms with Gasteiger partial charge >= 0.3 is 0 Å². The lowest BCUT2D eigenvalue weighted by Crippen LogP contribution is -2.41. The van der Waals surface area contributed by atoms with Crippen LogP contribution in [-0.4, -0.2) is 51.1 Å². The number of hydrogen-bond donors (Lipinski definition) is 2. The van der Waals surface area contributed by atoms with Gasteiger partial charge in [-0.15, -0.1) is 0 Å². The first-order valence-electron chi connectivity index (χ1n) is 5.86. The summed E-state index contributed by atoms with van der Waals surface area (Å²) in [5.74, 6) is 0.870. The number of nitrogens with zero attached hydrogens (tertiary/aromatic N) is 2. The van der Waals surface area contributed by atoms with E-state index in [2.05, 4.69) is 27.6 Å². The average Bonchev–Trinajstić information content (AvgIpc) is 2.77. The Labute approximate surface area is 93.1 Å². The second kappa shape index (κ2) is 6.67. The predicted octanol–water partition coefficient (Wildman–Crippen LogP) is 0.656. The van der Waals surface area contributed by atoms with E-state index in [9.17, 15) is 0 Å². The molecule has 2 N–H and O–H groups in total. The lowest BCUT2D eigenvalue weighted by molar-refractivity contribution is 0.249. The topological polar surface area (TPSA) is 39.7 Å². The maximum Gasteiger partial charge on any atom is 0.190 e. The lowest BCUT2D eigenvalue weighted by atomic mass is 10.2. The van der Waals surface area contributed by atoms with Gasteiger partial charge in [0.25, 0.3) is 0 Å². The van der Waals surface area contributed by atoms with Crippen molar-refractivity contribution < 1.29 is 0 Å². The molecule has 1 saturated carbocycles. The summed E-state index contributed by atoms with van der Waals surface area (Å²) < 4.78 is 0. The van der Waals surface area contributed by atoms with Crippen LogP contribution in [0.4, 0.5) is 0 Å². The average molecular weight is 212 g/mol. The van der Waals surface area contributed by atoms with E-state index < -0.39 is 0 Å². The van der Waals surface area contributed by atoms with Crippen molar-refractivity contribution in [3.05, 3.63) is 0 Å². The molecule has 1 aliphatic carbocycles. The van der Waals surface area contributed by atoms with E-state index in [0.717, 1.165) is 25.1 Å². The van der Waals surface area contributed by atoms with Crippen molar-refractivity contribution >= 4 is 5.96 Å². The monoisotopic (exact) mass is 212 g/mol. The summed E-state index contributed by atoms with van der Waals surface area (Å²) in [7, 11) is 5.90. The maximum absolute atomic E-state index is 4.08. The van der Waals surface area contributed by atoms with Crippen molar-refractivity contribution in [3.63, 3.8) is 0 Å². The van der Waals surface area contributed by atoms with E-state index in [1.807, 2.05) is 7.05 Å². The first kappa shape index (κ1) is 12.3. The number of hydrogen-bond acceptors (Lipinski definition) is 2. The molecule has 0 aromatic rings. The molecule has 0 saturated heterocycles. The fourth-order valence-electron chi connectivity index (χ4n) is 2.16. The minimum Gasteiger partial charge on any atom is -0.359 e. The van der Waals surface area contributed by atoms with Crippen molar-refractivity contribution in [3.8, 4) is 0 Å². The SMILES string of the molecule is CN=C(NC)NCCN(C)C1CCCC1. The quantitative estimate of drug-likeness (QED) is 0.531. The van der Waals surface area contributed by atoms with E-state index in [0.29, 0.717) is 0 Å². The van der Waals surface area contributed by atoms with E-state index in [1.165, 1.54) is 25.7 Å². The van der Waals surface area contributed by atoms with Gasteiger partial charge < -0.3 is 15.5 Å². The molecule has 0 aromatic heterocycles. The van der Waals surface area contributed by atoms with Crippen LogP contribution in [0.2, 0.25) is 0 Å². The summed E-state index contributed by atoms with van der Waals surface area (Å²) in [5, 5.41) is 6.29. The largest absolute Gasteiger partial charge is 0.359 e. The van der Waals surface area contributed by atoms with Crippen LogP contribution in [0.3, 0.4) is 0 Å². The van der Waals surface area contributed by atoms with Crippen LogP contribution in [0.25, 0.3) is 0 Å². The maximum atomic E-state index is 4.08. The molecule has 1 aliphatic rings. The molecule has 4 heteroatoms. The van der Waals surface area contributed by atoms with Gasteiger partial charge in [0.2, 0.25) is 0 Å². The van der Waals surface area contributed by atoms with Gasteiger partial charge in [-0.1, -0.05) is 12.8 Å². The van der Waals surface area contributed by atoms with Gasteiger partial charge in [-0.25, -0.2) is 0 Å². The zero-order chi connectivity index (χ0) is 11.1. The van der Waals surface area contributed by atoms with Crippen LogP contribution >= 0.6 is 0 Å². The van der Waals surface area contributed by atoms with Gasteiger partial charge in [0.1, 0.15) is 0 Å². The summed E-state index contributed by atoms with van der Waals surface area (Å²) in [6, 6.07) is 0.809. The van der Waals surface area contributed by atoms with Crippen molar-refractivity contribution in [2.45, 2.75) is 31.7 Å². The molecule has 0 spiro atoms. The Morgan fingerprint density at radius 3 is 2.60 bits per heavy atom. The summed E-state index contributed by atoms with van der Waals surface area (Å²) in [6.07, 6.45) is 5.55.